The highest BCUT2D eigenvalue weighted by molar-refractivity contribution is 6.22. The van der Waals surface area contributed by atoms with Crippen molar-refractivity contribution in [3.63, 3.8) is 0 Å². The van der Waals surface area contributed by atoms with Crippen LogP contribution in [-0.2, 0) is 9.63 Å². The van der Waals surface area contributed by atoms with Crippen LogP contribution in [0.1, 0.15) is 34.4 Å². The molecule has 1 aliphatic rings. The van der Waals surface area contributed by atoms with Crippen LogP contribution in [-0.4, -0.2) is 32.7 Å². The van der Waals surface area contributed by atoms with E-state index in [2.05, 4.69) is 20.0 Å². The van der Waals surface area contributed by atoms with Crippen molar-refractivity contribution >= 4 is 17.7 Å². The van der Waals surface area contributed by atoms with Gasteiger partial charge < -0.3 is 9.94 Å². The zero-order valence-corrected chi connectivity index (χ0v) is 11.8. The van der Waals surface area contributed by atoms with Gasteiger partial charge in [0, 0.05) is 18.1 Å². The molecule has 1 heterocycles. The molecule has 1 aromatic heterocycles. The number of carbonyl (C=O) groups excluding carboxylic acids is 1. The van der Waals surface area contributed by atoms with E-state index in [9.17, 15) is 9.59 Å². The first-order valence-electron chi connectivity index (χ1n) is 6.44. The lowest BCUT2D eigenvalue weighted by Gasteiger charge is -2.02. The summed E-state index contributed by atoms with van der Waals surface area (Å²) in [7, 11) is 0. The van der Waals surface area contributed by atoms with Crippen molar-refractivity contribution in [1.82, 2.24) is 9.97 Å². The molecule has 112 valence electrons. The molecule has 0 aliphatic heterocycles. The number of rotatable bonds is 2. The van der Waals surface area contributed by atoms with Gasteiger partial charge in [-0.15, -0.1) is 0 Å². The molecule has 1 N–H and O–H groups in total. The van der Waals surface area contributed by atoms with E-state index in [1.165, 1.54) is 6.92 Å². The molecule has 23 heavy (non-hydrogen) atoms. The number of oxime groups is 1. The predicted molar refractivity (Wildman–Crippen MR) is 76.5 cm³/mol. The number of aromatic carboxylic acids is 1. The summed E-state index contributed by atoms with van der Waals surface area (Å²) in [5.74, 6) is -1.96. The van der Waals surface area contributed by atoms with E-state index in [1.54, 1.807) is 30.3 Å². The molecule has 0 radical (unpaired) electrons. The van der Waals surface area contributed by atoms with E-state index in [1.807, 2.05) is 0 Å². The zero-order chi connectivity index (χ0) is 16.6. The van der Waals surface area contributed by atoms with E-state index < -0.39 is 17.6 Å². The average Bonchev–Trinajstić information content (AvgIpc) is 2.84. The second-order valence-electron chi connectivity index (χ2n) is 4.60. The molecule has 0 saturated heterocycles. The van der Waals surface area contributed by atoms with Crippen molar-refractivity contribution in [2.45, 2.75) is 6.92 Å². The van der Waals surface area contributed by atoms with Gasteiger partial charge in [-0.3, -0.25) is 0 Å². The summed E-state index contributed by atoms with van der Waals surface area (Å²) in [5.41, 5.74) is 1.14. The lowest BCUT2D eigenvalue weighted by molar-refractivity contribution is -0.140. The van der Waals surface area contributed by atoms with E-state index in [4.69, 9.17) is 10.4 Å². The number of nitrogens with zero attached hydrogens (tertiary/aromatic N) is 4. The number of benzene rings is 1. The highest BCUT2D eigenvalue weighted by Gasteiger charge is 2.31. The Bertz CT molecular complexity index is 928. The smallest absolute Gasteiger partial charge is 0.357 e. The number of hydrogen-bond acceptors (Lipinski definition) is 7. The minimum atomic E-state index is -1.35. The van der Waals surface area contributed by atoms with Crippen molar-refractivity contribution in [2.24, 2.45) is 5.16 Å². The zero-order valence-electron chi connectivity index (χ0n) is 11.8. The molecule has 0 bridgehead atoms. The van der Waals surface area contributed by atoms with Gasteiger partial charge in [-0.2, -0.15) is 5.26 Å². The quantitative estimate of drug-likeness (QED) is 0.559. The minimum Gasteiger partial charge on any atom is -0.476 e. The third-order valence-electron chi connectivity index (χ3n) is 3.13. The molecule has 0 spiro atoms. The Hall–Kier alpha value is -3.60. The Labute approximate surface area is 129 Å². The maximum atomic E-state index is 11.2. The molecule has 8 nitrogen and oxygen atoms in total. The van der Waals surface area contributed by atoms with Gasteiger partial charge in [0.05, 0.1) is 0 Å². The molecule has 0 fully saturated rings. The number of carboxylic acids is 1. The van der Waals surface area contributed by atoms with Crippen LogP contribution in [0.2, 0.25) is 0 Å². The van der Waals surface area contributed by atoms with Crippen LogP contribution in [0.25, 0.3) is 11.3 Å². The Morgan fingerprint density at radius 3 is 2.52 bits per heavy atom. The normalized spacial score (nSPS) is 13.1. The molecule has 0 amide bonds. The van der Waals surface area contributed by atoms with Gasteiger partial charge in [-0.1, -0.05) is 29.4 Å². The van der Waals surface area contributed by atoms with Crippen molar-refractivity contribution in [2.75, 3.05) is 0 Å². The Kier molecular flexibility index (Phi) is 3.31. The third kappa shape index (κ3) is 2.30. The van der Waals surface area contributed by atoms with Gasteiger partial charge in [0.2, 0.25) is 0 Å². The first kappa shape index (κ1) is 14.3. The lowest BCUT2D eigenvalue weighted by Crippen LogP contribution is -2.11. The van der Waals surface area contributed by atoms with Crippen molar-refractivity contribution in [3.8, 4) is 17.3 Å². The first-order chi connectivity index (χ1) is 11.0. The number of carboxylic acid groups (broad SMARTS) is 1. The Morgan fingerprint density at radius 1 is 1.22 bits per heavy atom. The molecular weight excluding hydrogens is 300 g/mol. The van der Waals surface area contributed by atoms with E-state index in [-0.39, 0.29) is 22.8 Å². The minimum absolute atomic E-state index is 0.203. The van der Waals surface area contributed by atoms with Crippen LogP contribution in [0.4, 0.5) is 0 Å². The fourth-order valence-electron chi connectivity index (χ4n) is 2.24. The highest BCUT2D eigenvalue weighted by Crippen LogP contribution is 2.35. The van der Waals surface area contributed by atoms with Crippen LogP contribution >= 0.6 is 0 Å². The van der Waals surface area contributed by atoms with Gasteiger partial charge in [0.15, 0.2) is 11.4 Å². The lowest BCUT2D eigenvalue weighted by atomic mass is 10.1. The Morgan fingerprint density at radius 2 is 1.91 bits per heavy atom. The number of carbonyl (C=O) groups is 2. The SMILES string of the molecule is CC(=O)ON=C1c2ccccc2-c2nc(C(=O)O)c(C#N)nc21. The molecule has 1 aromatic carbocycles. The molecule has 0 saturated carbocycles. The van der Waals surface area contributed by atoms with Gasteiger partial charge in [0.25, 0.3) is 0 Å². The van der Waals surface area contributed by atoms with Gasteiger partial charge >= 0.3 is 11.9 Å². The molecule has 0 atom stereocenters. The second kappa shape index (κ2) is 5.31. The average molecular weight is 308 g/mol. The molecule has 1 aliphatic carbocycles. The van der Waals surface area contributed by atoms with Gasteiger partial charge in [-0.25, -0.2) is 19.6 Å². The van der Waals surface area contributed by atoms with Crippen LogP contribution in [0.5, 0.6) is 0 Å². The maximum Gasteiger partial charge on any atom is 0.357 e. The number of hydrogen-bond donors (Lipinski definition) is 1. The molecule has 3 rings (SSSR count). The monoisotopic (exact) mass is 308 g/mol. The van der Waals surface area contributed by atoms with E-state index in [0.29, 0.717) is 11.1 Å². The molecular formula is C15H8N4O4. The van der Waals surface area contributed by atoms with Crippen molar-refractivity contribution in [1.29, 1.82) is 5.26 Å². The summed E-state index contributed by atoms with van der Waals surface area (Å²) in [5, 5.41) is 22.0. The fourth-order valence-corrected chi connectivity index (χ4v) is 2.24. The van der Waals surface area contributed by atoms with Crippen LogP contribution in [0, 0.1) is 11.3 Å². The summed E-state index contributed by atoms with van der Waals surface area (Å²) < 4.78 is 0. The fraction of sp³-hybridized carbons (Fsp3) is 0.0667. The van der Waals surface area contributed by atoms with Gasteiger partial charge in [-0.05, 0) is 0 Å². The van der Waals surface area contributed by atoms with Gasteiger partial charge in [0.1, 0.15) is 23.2 Å². The molecule has 8 heteroatoms. The molecule has 0 unspecified atom stereocenters. The summed E-state index contributed by atoms with van der Waals surface area (Å²) in [6.07, 6.45) is 0. The number of nitriles is 1. The summed E-state index contributed by atoms with van der Waals surface area (Å²) in [4.78, 5) is 35.0. The first-order valence-corrected chi connectivity index (χ1v) is 6.44. The standard InChI is InChI=1S/C15H8N4O4/c1-7(20)23-19-12-9-5-3-2-4-8(9)11-14(12)17-10(6-16)13(18-11)15(21)22/h2-5H,1H3,(H,21,22). The second-order valence-corrected chi connectivity index (χ2v) is 4.60. The molecule has 2 aromatic rings. The van der Waals surface area contributed by atoms with Crippen LogP contribution < -0.4 is 0 Å². The van der Waals surface area contributed by atoms with Crippen LogP contribution in [0.15, 0.2) is 29.4 Å². The number of aromatic nitrogens is 2. The highest BCUT2D eigenvalue weighted by atomic mass is 16.7. The van der Waals surface area contributed by atoms with E-state index in [0.717, 1.165) is 0 Å². The summed E-state index contributed by atoms with van der Waals surface area (Å²) >= 11 is 0. The number of fused-ring (bicyclic) bond motifs is 3. The third-order valence-corrected chi connectivity index (χ3v) is 3.13. The Balaban J connectivity index is 2.30. The predicted octanol–water partition coefficient (Wildman–Crippen LogP) is 1.34. The van der Waals surface area contributed by atoms with Crippen molar-refractivity contribution in [3.05, 3.63) is 46.9 Å². The maximum absolute atomic E-state index is 11.2. The largest absolute Gasteiger partial charge is 0.476 e. The van der Waals surface area contributed by atoms with Crippen LogP contribution in [0.3, 0.4) is 0 Å². The summed E-state index contributed by atoms with van der Waals surface area (Å²) in [6, 6.07) is 8.63. The van der Waals surface area contributed by atoms with Crippen molar-refractivity contribution < 1.29 is 19.5 Å². The summed E-state index contributed by atoms with van der Waals surface area (Å²) in [6.45, 7) is 1.20. The topological polar surface area (TPSA) is 126 Å². The van der Waals surface area contributed by atoms with E-state index >= 15 is 0 Å².